The molecule has 1 aromatic carbocycles. The highest BCUT2D eigenvalue weighted by atomic mass is 19.1. The van der Waals surface area contributed by atoms with Crippen LogP contribution in [0.25, 0.3) is 10.4 Å². The Balaban J connectivity index is 2.89. The fraction of sp³-hybridized carbons (Fsp3) is 0.400. The second-order valence-corrected chi connectivity index (χ2v) is 3.65. The number of azide groups is 1. The molecule has 2 unspecified atom stereocenters. The largest absolute Gasteiger partial charge is 0.398 e. The molecule has 0 aliphatic heterocycles. The number of nitrogens with two attached hydrogens (primary N) is 1. The van der Waals surface area contributed by atoms with Crippen molar-refractivity contribution >= 4 is 5.69 Å². The van der Waals surface area contributed by atoms with Gasteiger partial charge in [0.15, 0.2) is 0 Å². The van der Waals surface area contributed by atoms with Gasteiger partial charge in [0.2, 0.25) is 0 Å². The Kier molecular flexibility index (Phi) is 4.85. The van der Waals surface area contributed by atoms with Gasteiger partial charge in [0.05, 0.1) is 6.10 Å². The molecule has 98 valence electrons. The van der Waals surface area contributed by atoms with Gasteiger partial charge in [-0.05, 0) is 18.0 Å². The Morgan fingerprint density at radius 3 is 2.61 bits per heavy atom. The molecule has 0 aliphatic carbocycles. The summed E-state index contributed by atoms with van der Waals surface area (Å²) in [6, 6.07) is 1.41. The molecule has 0 amide bonds. The van der Waals surface area contributed by atoms with Gasteiger partial charge in [-0.2, -0.15) is 0 Å². The molecule has 18 heavy (non-hydrogen) atoms. The maximum absolute atomic E-state index is 13.4. The summed E-state index contributed by atoms with van der Waals surface area (Å²) in [6.07, 6.45) is -3.04. The SMILES string of the molecule is [N-]=[N+]=NCCC(O)C(O)c1c(N)cc(F)cc1F. The maximum atomic E-state index is 13.4. The van der Waals surface area contributed by atoms with Gasteiger partial charge in [0.25, 0.3) is 0 Å². The highest BCUT2D eigenvalue weighted by Crippen LogP contribution is 2.28. The molecular weight excluding hydrogens is 246 g/mol. The summed E-state index contributed by atoms with van der Waals surface area (Å²) < 4.78 is 26.2. The fourth-order valence-corrected chi connectivity index (χ4v) is 1.50. The van der Waals surface area contributed by atoms with Crippen molar-refractivity contribution in [3.05, 3.63) is 39.8 Å². The number of rotatable bonds is 5. The van der Waals surface area contributed by atoms with Crippen LogP contribution in [0.5, 0.6) is 0 Å². The molecule has 0 fully saturated rings. The third-order valence-corrected chi connectivity index (χ3v) is 2.37. The van der Waals surface area contributed by atoms with E-state index in [0.717, 1.165) is 6.07 Å². The molecular formula is C10H12F2N4O2. The van der Waals surface area contributed by atoms with E-state index in [4.69, 9.17) is 11.3 Å². The van der Waals surface area contributed by atoms with Crippen LogP contribution in [-0.4, -0.2) is 22.9 Å². The molecule has 0 aliphatic rings. The van der Waals surface area contributed by atoms with E-state index in [1.165, 1.54) is 0 Å². The van der Waals surface area contributed by atoms with Crippen molar-refractivity contribution in [1.82, 2.24) is 0 Å². The van der Waals surface area contributed by atoms with Crippen molar-refractivity contribution in [1.29, 1.82) is 0 Å². The Bertz CT molecular complexity index is 454. The van der Waals surface area contributed by atoms with Crippen LogP contribution in [0.1, 0.15) is 18.1 Å². The number of hydrogen-bond donors (Lipinski definition) is 3. The highest BCUT2D eigenvalue weighted by Gasteiger charge is 2.24. The van der Waals surface area contributed by atoms with Crippen LogP contribution in [-0.2, 0) is 0 Å². The topological polar surface area (TPSA) is 115 Å². The molecule has 0 saturated carbocycles. The van der Waals surface area contributed by atoms with Crippen LogP contribution >= 0.6 is 0 Å². The van der Waals surface area contributed by atoms with Gasteiger partial charge in [0.1, 0.15) is 17.7 Å². The molecule has 6 nitrogen and oxygen atoms in total. The minimum Gasteiger partial charge on any atom is -0.398 e. The number of halogens is 2. The Morgan fingerprint density at radius 2 is 2.06 bits per heavy atom. The van der Waals surface area contributed by atoms with Gasteiger partial charge in [-0.1, -0.05) is 5.11 Å². The summed E-state index contributed by atoms with van der Waals surface area (Å²) in [7, 11) is 0. The van der Waals surface area contributed by atoms with Gasteiger partial charge >= 0.3 is 0 Å². The van der Waals surface area contributed by atoms with E-state index in [-0.39, 0.29) is 24.2 Å². The Morgan fingerprint density at radius 1 is 1.39 bits per heavy atom. The van der Waals surface area contributed by atoms with E-state index < -0.39 is 23.8 Å². The Hall–Kier alpha value is -1.89. The predicted molar refractivity (Wildman–Crippen MR) is 60.4 cm³/mol. The number of aliphatic hydroxyl groups excluding tert-OH is 2. The molecule has 4 N–H and O–H groups in total. The summed E-state index contributed by atoms with van der Waals surface area (Å²) in [5.41, 5.74) is 12.8. The quantitative estimate of drug-likeness (QED) is 0.322. The van der Waals surface area contributed by atoms with E-state index in [9.17, 15) is 19.0 Å². The van der Waals surface area contributed by atoms with Crippen molar-refractivity contribution < 1.29 is 19.0 Å². The van der Waals surface area contributed by atoms with Crippen LogP contribution in [0, 0.1) is 11.6 Å². The van der Waals surface area contributed by atoms with Gasteiger partial charge in [-0.25, -0.2) is 8.78 Å². The first-order valence-electron chi connectivity index (χ1n) is 5.08. The maximum Gasteiger partial charge on any atom is 0.134 e. The number of anilines is 1. The minimum atomic E-state index is -1.61. The number of hydrogen-bond acceptors (Lipinski definition) is 4. The lowest BCUT2D eigenvalue weighted by molar-refractivity contribution is 0.0134. The predicted octanol–water partition coefficient (Wildman–Crippen LogP) is 1.64. The lowest BCUT2D eigenvalue weighted by Crippen LogP contribution is -2.21. The first-order chi connectivity index (χ1) is 8.47. The zero-order chi connectivity index (χ0) is 13.7. The van der Waals surface area contributed by atoms with Gasteiger partial charge < -0.3 is 15.9 Å². The second-order valence-electron chi connectivity index (χ2n) is 3.65. The summed E-state index contributed by atoms with van der Waals surface area (Å²) >= 11 is 0. The number of benzene rings is 1. The lowest BCUT2D eigenvalue weighted by Gasteiger charge is -2.19. The van der Waals surface area contributed by atoms with E-state index >= 15 is 0 Å². The van der Waals surface area contributed by atoms with Crippen molar-refractivity contribution in [2.45, 2.75) is 18.6 Å². The molecule has 0 radical (unpaired) electrons. The van der Waals surface area contributed by atoms with Crippen molar-refractivity contribution in [3.63, 3.8) is 0 Å². The molecule has 2 atom stereocenters. The van der Waals surface area contributed by atoms with Crippen molar-refractivity contribution in [3.8, 4) is 0 Å². The molecule has 0 spiro atoms. The average molecular weight is 258 g/mol. The fourth-order valence-electron chi connectivity index (χ4n) is 1.50. The molecule has 1 rings (SSSR count). The smallest absolute Gasteiger partial charge is 0.134 e. The van der Waals surface area contributed by atoms with E-state index in [1.807, 2.05) is 0 Å². The van der Waals surface area contributed by atoms with E-state index in [2.05, 4.69) is 10.0 Å². The van der Waals surface area contributed by atoms with Gasteiger partial charge in [-0.15, -0.1) is 0 Å². The summed E-state index contributed by atoms with van der Waals surface area (Å²) in [5.74, 6) is -1.91. The van der Waals surface area contributed by atoms with Gasteiger partial charge in [-0.3, -0.25) is 0 Å². The van der Waals surface area contributed by atoms with E-state index in [0.29, 0.717) is 6.07 Å². The standard InChI is InChI=1S/C10H12F2N4O2/c11-5-3-6(12)9(7(13)4-5)10(18)8(17)1-2-15-16-14/h3-4,8,10,17-18H,1-2,13H2. The molecule has 0 heterocycles. The second kappa shape index (κ2) is 6.15. The van der Waals surface area contributed by atoms with E-state index in [1.54, 1.807) is 0 Å². The van der Waals surface area contributed by atoms with Gasteiger partial charge in [0, 0.05) is 28.8 Å². The van der Waals surface area contributed by atoms with Crippen LogP contribution < -0.4 is 5.73 Å². The normalized spacial score (nSPS) is 13.8. The number of nitrogen functional groups attached to an aromatic ring is 1. The molecule has 0 saturated heterocycles. The molecule has 0 bridgehead atoms. The third kappa shape index (κ3) is 3.30. The monoisotopic (exact) mass is 258 g/mol. The number of nitrogens with zero attached hydrogens (tertiary/aromatic N) is 3. The number of aliphatic hydroxyl groups is 2. The zero-order valence-electron chi connectivity index (χ0n) is 9.29. The highest BCUT2D eigenvalue weighted by molar-refractivity contribution is 5.49. The molecule has 1 aromatic rings. The lowest BCUT2D eigenvalue weighted by atomic mass is 10.00. The molecule has 0 aromatic heterocycles. The summed E-state index contributed by atoms with van der Waals surface area (Å²) in [5, 5.41) is 22.5. The van der Waals surface area contributed by atoms with Crippen LogP contribution in [0.2, 0.25) is 0 Å². The average Bonchev–Trinajstić information content (AvgIpc) is 2.27. The van der Waals surface area contributed by atoms with Crippen LogP contribution in [0.3, 0.4) is 0 Å². The zero-order valence-corrected chi connectivity index (χ0v) is 9.29. The minimum absolute atomic E-state index is 0.0581. The third-order valence-electron chi connectivity index (χ3n) is 2.37. The van der Waals surface area contributed by atoms with Crippen LogP contribution in [0.4, 0.5) is 14.5 Å². The van der Waals surface area contributed by atoms with Crippen molar-refractivity contribution in [2.24, 2.45) is 5.11 Å². The first kappa shape index (κ1) is 14.2. The van der Waals surface area contributed by atoms with Crippen molar-refractivity contribution in [2.75, 3.05) is 12.3 Å². The molecule has 8 heteroatoms. The summed E-state index contributed by atoms with van der Waals surface area (Å²) in [6.45, 7) is -0.0581. The first-order valence-corrected chi connectivity index (χ1v) is 5.08. The van der Waals surface area contributed by atoms with Crippen LogP contribution in [0.15, 0.2) is 17.2 Å². The Labute approximate surface area is 101 Å². The summed E-state index contributed by atoms with van der Waals surface area (Å²) in [4.78, 5) is 2.47.